The molecule has 6 heteroatoms. The van der Waals surface area contributed by atoms with Crippen LogP contribution in [0.25, 0.3) is 11.0 Å². The summed E-state index contributed by atoms with van der Waals surface area (Å²) < 4.78 is 13.3. The molecule has 5 nitrogen and oxygen atoms in total. The molecule has 1 aromatic heterocycles. The Morgan fingerprint density at radius 1 is 0.933 bits per heavy atom. The normalized spacial score (nSPS) is 10.8. The highest BCUT2D eigenvalue weighted by atomic mass is 19.1. The van der Waals surface area contributed by atoms with Crippen LogP contribution in [-0.2, 0) is 19.5 Å². The van der Waals surface area contributed by atoms with Crippen LogP contribution in [0.4, 0.5) is 9.18 Å². The molecule has 1 heterocycles. The fourth-order valence-electron chi connectivity index (χ4n) is 3.31. The number of benzene rings is 3. The number of halogens is 1. The van der Waals surface area contributed by atoms with Crippen LogP contribution in [0.3, 0.4) is 0 Å². The van der Waals surface area contributed by atoms with Gasteiger partial charge in [-0.3, -0.25) is 0 Å². The average Bonchev–Trinajstić information content (AvgIpc) is 3.20. The summed E-state index contributed by atoms with van der Waals surface area (Å²) in [5.74, 6) is 0.539. The third kappa shape index (κ3) is 5.03. The van der Waals surface area contributed by atoms with E-state index in [0.717, 1.165) is 28.0 Å². The van der Waals surface area contributed by atoms with Crippen molar-refractivity contribution in [2.75, 3.05) is 6.54 Å². The lowest BCUT2D eigenvalue weighted by molar-refractivity contribution is 0.195. The van der Waals surface area contributed by atoms with E-state index in [1.807, 2.05) is 54.6 Å². The minimum Gasteiger partial charge on any atom is -0.342 e. The van der Waals surface area contributed by atoms with E-state index in [1.165, 1.54) is 12.1 Å². The fourth-order valence-corrected chi connectivity index (χ4v) is 3.31. The van der Waals surface area contributed by atoms with Gasteiger partial charge >= 0.3 is 6.03 Å². The van der Waals surface area contributed by atoms with Crippen molar-refractivity contribution in [3.05, 3.63) is 102 Å². The maximum absolute atomic E-state index is 13.3. The number of hydrogen-bond acceptors (Lipinski definition) is 2. The smallest absolute Gasteiger partial charge is 0.317 e. The van der Waals surface area contributed by atoms with Gasteiger partial charge in [-0.2, -0.15) is 0 Å². The van der Waals surface area contributed by atoms with Crippen molar-refractivity contribution >= 4 is 17.1 Å². The maximum Gasteiger partial charge on any atom is 0.317 e. The summed E-state index contributed by atoms with van der Waals surface area (Å²) in [5, 5.41) is 2.98. The Balaban J connectivity index is 1.45. The van der Waals surface area contributed by atoms with Crippen LogP contribution in [-0.4, -0.2) is 27.4 Å². The van der Waals surface area contributed by atoms with E-state index in [2.05, 4.69) is 15.3 Å². The van der Waals surface area contributed by atoms with Crippen LogP contribution in [0, 0.1) is 5.82 Å². The molecule has 3 aromatic carbocycles. The highest BCUT2D eigenvalue weighted by Crippen LogP contribution is 2.12. The number of aromatic nitrogens is 2. The summed E-state index contributed by atoms with van der Waals surface area (Å²) in [6, 6.07) is 23.7. The lowest BCUT2D eigenvalue weighted by Crippen LogP contribution is -2.40. The highest BCUT2D eigenvalue weighted by molar-refractivity contribution is 5.75. The first-order valence-corrected chi connectivity index (χ1v) is 9.92. The number of carbonyl (C=O) groups excluding carboxylic acids is 1. The molecule has 0 saturated carbocycles. The zero-order valence-corrected chi connectivity index (χ0v) is 16.5. The quantitative estimate of drug-likeness (QED) is 0.472. The van der Waals surface area contributed by atoms with Gasteiger partial charge < -0.3 is 15.2 Å². The first-order chi connectivity index (χ1) is 14.7. The predicted molar refractivity (Wildman–Crippen MR) is 115 cm³/mol. The van der Waals surface area contributed by atoms with Crippen LogP contribution in [0.15, 0.2) is 78.9 Å². The zero-order chi connectivity index (χ0) is 20.8. The second kappa shape index (κ2) is 9.22. The molecule has 0 aliphatic heterocycles. The van der Waals surface area contributed by atoms with Crippen molar-refractivity contribution in [3.63, 3.8) is 0 Å². The summed E-state index contributed by atoms with van der Waals surface area (Å²) in [6.07, 6.45) is 0.592. The van der Waals surface area contributed by atoms with Gasteiger partial charge in [0.1, 0.15) is 11.6 Å². The maximum atomic E-state index is 13.3. The molecule has 0 aliphatic rings. The number of urea groups is 1. The third-order valence-electron chi connectivity index (χ3n) is 4.92. The zero-order valence-electron chi connectivity index (χ0n) is 16.5. The molecule has 0 radical (unpaired) electrons. The number of para-hydroxylation sites is 2. The molecule has 2 amide bonds. The molecule has 0 unspecified atom stereocenters. The molecule has 0 spiro atoms. The monoisotopic (exact) mass is 402 g/mol. The summed E-state index contributed by atoms with van der Waals surface area (Å²) in [6.45, 7) is 1.32. The number of hydrogen-bond donors (Lipinski definition) is 2. The van der Waals surface area contributed by atoms with E-state index >= 15 is 0 Å². The summed E-state index contributed by atoms with van der Waals surface area (Å²) in [5.41, 5.74) is 3.79. The van der Waals surface area contributed by atoms with Crippen molar-refractivity contribution in [2.24, 2.45) is 0 Å². The van der Waals surface area contributed by atoms with Crippen LogP contribution >= 0.6 is 0 Å². The summed E-state index contributed by atoms with van der Waals surface area (Å²) >= 11 is 0. The number of imidazole rings is 1. The Morgan fingerprint density at radius 2 is 1.67 bits per heavy atom. The standard InChI is InChI=1S/C24H23FN4O/c25-20-12-10-19(11-13-20)17-29(24(30)26-16-18-6-2-1-3-7-18)15-14-23-27-21-8-4-5-9-22(21)28-23/h1-13H,14-17H2,(H,26,30)(H,27,28). The largest absolute Gasteiger partial charge is 0.342 e. The van der Waals surface area contributed by atoms with Crippen LogP contribution < -0.4 is 5.32 Å². The molecule has 2 N–H and O–H groups in total. The van der Waals surface area contributed by atoms with Crippen molar-refractivity contribution in [1.82, 2.24) is 20.2 Å². The van der Waals surface area contributed by atoms with Gasteiger partial charge in [-0.15, -0.1) is 0 Å². The molecule has 30 heavy (non-hydrogen) atoms. The number of aromatic amines is 1. The van der Waals surface area contributed by atoms with Gasteiger partial charge in [0.25, 0.3) is 0 Å². The third-order valence-corrected chi connectivity index (χ3v) is 4.92. The minimum atomic E-state index is -0.291. The molecule has 0 fully saturated rings. The van der Waals surface area contributed by atoms with Gasteiger partial charge in [0.2, 0.25) is 0 Å². The molecule has 4 rings (SSSR count). The fraction of sp³-hybridized carbons (Fsp3) is 0.167. The molecule has 152 valence electrons. The van der Waals surface area contributed by atoms with E-state index in [4.69, 9.17) is 0 Å². The average molecular weight is 402 g/mol. The molecular formula is C24H23FN4O. The first-order valence-electron chi connectivity index (χ1n) is 9.92. The van der Waals surface area contributed by atoms with Gasteiger partial charge in [0.05, 0.1) is 11.0 Å². The molecule has 0 atom stereocenters. The second-order valence-corrected chi connectivity index (χ2v) is 7.14. The van der Waals surface area contributed by atoms with E-state index in [1.54, 1.807) is 17.0 Å². The Morgan fingerprint density at radius 3 is 2.43 bits per heavy atom. The SMILES string of the molecule is O=C(NCc1ccccc1)N(CCc1nc2ccccc2[nH]1)Cc1ccc(F)cc1. The second-order valence-electron chi connectivity index (χ2n) is 7.14. The van der Waals surface area contributed by atoms with Gasteiger partial charge in [-0.1, -0.05) is 54.6 Å². The van der Waals surface area contributed by atoms with E-state index in [0.29, 0.717) is 26.1 Å². The number of nitrogens with one attached hydrogen (secondary N) is 2. The molecule has 4 aromatic rings. The van der Waals surface area contributed by atoms with E-state index < -0.39 is 0 Å². The Labute approximate surface area is 174 Å². The summed E-state index contributed by atoms with van der Waals surface area (Å²) in [4.78, 5) is 22.5. The Bertz CT molecular complexity index is 1080. The van der Waals surface area contributed by atoms with Gasteiger partial charge in [-0.05, 0) is 35.4 Å². The topological polar surface area (TPSA) is 61.0 Å². The lowest BCUT2D eigenvalue weighted by atomic mass is 10.2. The van der Waals surface area contributed by atoms with Gasteiger partial charge in [0.15, 0.2) is 0 Å². The van der Waals surface area contributed by atoms with Gasteiger partial charge in [-0.25, -0.2) is 14.2 Å². The number of fused-ring (bicyclic) bond motifs is 1. The molecule has 0 aliphatic carbocycles. The lowest BCUT2D eigenvalue weighted by Gasteiger charge is -2.23. The van der Waals surface area contributed by atoms with Crippen LogP contribution in [0.2, 0.25) is 0 Å². The number of carbonyl (C=O) groups is 1. The van der Waals surface area contributed by atoms with Gasteiger partial charge in [0, 0.05) is 26.1 Å². The van der Waals surface area contributed by atoms with Crippen molar-refractivity contribution < 1.29 is 9.18 Å². The highest BCUT2D eigenvalue weighted by Gasteiger charge is 2.15. The van der Waals surface area contributed by atoms with E-state index in [-0.39, 0.29) is 11.8 Å². The summed E-state index contributed by atoms with van der Waals surface area (Å²) in [7, 11) is 0. The minimum absolute atomic E-state index is 0.167. The van der Waals surface area contributed by atoms with Crippen LogP contribution in [0.1, 0.15) is 17.0 Å². The molecule has 0 saturated heterocycles. The Kier molecular flexibility index (Phi) is 6.03. The number of nitrogens with zero attached hydrogens (tertiary/aromatic N) is 2. The Hall–Kier alpha value is -3.67. The first kappa shape index (κ1) is 19.6. The van der Waals surface area contributed by atoms with Crippen molar-refractivity contribution in [2.45, 2.75) is 19.5 Å². The molecular weight excluding hydrogens is 379 g/mol. The predicted octanol–water partition coefficient (Wildman–Crippen LogP) is 4.66. The van der Waals surface area contributed by atoms with Crippen molar-refractivity contribution in [3.8, 4) is 0 Å². The van der Waals surface area contributed by atoms with E-state index in [9.17, 15) is 9.18 Å². The van der Waals surface area contributed by atoms with Crippen molar-refractivity contribution in [1.29, 1.82) is 0 Å². The number of rotatable bonds is 7. The number of amides is 2. The number of H-pyrrole nitrogens is 1. The van der Waals surface area contributed by atoms with Crippen LogP contribution in [0.5, 0.6) is 0 Å². The molecule has 0 bridgehead atoms.